The van der Waals surface area contributed by atoms with Crippen molar-refractivity contribution in [2.24, 2.45) is 0 Å². The lowest BCUT2D eigenvalue weighted by molar-refractivity contribution is -0.130. The Balaban J connectivity index is 1.28. The number of hydrogen-bond acceptors (Lipinski definition) is 6. The maximum absolute atomic E-state index is 12.4. The summed E-state index contributed by atoms with van der Waals surface area (Å²) in [5, 5.41) is 5.05. The lowest BCUT2D eigenvalue weighted by Crippen LogP contribution is -2.49. The molecule has 1 amide bonds. The Hall–Kier alpha value is -2.68. The van der Waals surface area contributed by atoms with E-state index < -0.39 is 0 Å². The normalized spacial score (nSPS) is 17.6. The molecule has 0 radical (unpaired) electrons. The Bertz CT molecular complexity index is 1030. The zero-order valence-corrected chi connectivity index (χ0v) is 15.6. The van der Waals surface area contributed by atoms with E-state index in [4.69, 9.17) is 0 Å². The maximum atomic E-state index is 12.4. The minimum absolute atomic E-state index is 0.120. The molecule has 2 aliphatic rings. The van der Waals surface area contributed by atoms with E-state index in [1.807, 2.05) is 22.4 Å². The van der Waals surface area contributed by atoms with Crippen LogP contribution in [0.15, 0.2) is 28.4 Å². The van der Waals surface area contributed by atoms with Gasteiger partial charge in [0, 0.05) is 43.0 Å². The van der Waals surface area contributed by atoms with Crippen molar-refractivity contribution >= 4 is 29.0 Å². The second kappa shape index (κ2) is 6.49. The van der Waals surface area contributed by atoms with Crippen molar-refractivity contribution in [2.45, 2.75) is 25.2 Å². The predicted octanol–water partition coefficient (Wildman–Crippen LogP) is 1.25. The van der Waals surface area contributed by atoms with Crippen LogP contribution in [0.4, 0.5) is 5.95 Å². The molecule has 1 N–H and O–H groups in total. The molecule has 1 saturated heterocycles. The van der Waals surface area contributed by atoms with E-state index in [1.165, 1.54) is 4.52 Å². The summed E-state index contributed by atoms with van der Waals surface area (Å²) in [7, 11) is 0. The van der Waals surface area contributed by atoms with E-state index >= 15 is 0 Å². The standard InChI is InChI=1S/C18H20N6O2S/c25-15(10-13-2-1-9-27-13)22-5-7-23(8-6-22)18-20-17-19-14(12-3-4-12)11-16(26)24(17)21-18/h1-2,9,11-12H,3-8,10H2,(H,19,20,21). The molecule has 0 bridgehead atoms. The number of amides is 1. The molecule has 5 rings (SSSR count). The Kier molecular flexibility index (Phi) is 3.96. The van der Waals surface area contributed by atoms with Gasteiger partial charge in [0.2, 0.25) is 11.9 Å². The summed E-state index contributed by atoms with van der Waals surface area (Å²) in [6.45, 7) is 2.66. The molecule has 8 nitrogen and oxygen atoms in total. The van der Waals surface area contributed by atoms with E-state index in [1.54, 1.807) is 17.4 Å². The maximum Gasteiger partial charge on any atom is 0.274 e. The number of aromatic nitrogens is 4. The number of piperazine rings is 1. The van der Waals surface area contributed by atoms with Crippen molar-refractivity contribution in [1.29, 1.82) is 0 Å². The van der Waals surface area contributed by atoms with Gasteiger partial charge in [-0.15, -0.1) is 11.3 Å². The first-order valence-corrected chi connectivity index (χ1v) is 10.1. The Morgan fingerprint density at radius 1 is 1.22 bits per heavy atom. The van der Waals surface area contributed by atoms with Gasteiger partial charge in [-0.2, -0.15) is 9.50 Å². The minimum Gasteiger partial charge on any atom is -0.339 e. The SMILES string of the molecule is O=C(Cc1cccs1)N1CCN(c2nc3nc(C4CC4)cc(=O)n3[nH]2)CC1. The highest BCUT2D eigenvalue weighted by atomic mass is 32.1. The van der Waals surface area contributed by atoms with Crippen LogP contribution >= 0.6 is 11.3 Å². The third-order valence-electron chi connectivity index (χ3n) is 5.17. The summed E-state index contributed by atoms with van der Waals surface area (Å²) in [6, 6.07) is 5.57. The van der Waals surface area contributed by atoms with Gasteiger partial charge >= 0.3 is 0 Å². The van der Waals surface area contributed by atoms with Crippen LogP contribution < -0.4 is 10.5 Å². The monoisotopic (exact) mass is 384 g/mol. The molecule has 140 valence electrons. The molecule has 0 aromatic carbocycles. The van der Waals surface area contributed by atoms with Gasteiger partial charge in [-0.25, -0.2) is 4.98 Å². The van der Waals surface area contributed by atoms with Gasteiger partial charge in [0.1, 0.15) is 0 Å². The van der Waals surface area contributed by atoms with Crippen molar-refractivity contribution in [1.82, 2.24) is 24.5 Å². The first-order valence-electron chi connectivity index (χ1n) is 9.22. The summed E-state index contributed by atoms with van der Waals surface area (Å²) in [5.41, 5.74) is 0.729. The van der Waals surface area contributed by atoms with Gasteiger partial charge in [0.05, 0.1) is 12.1 Å². The molecule has 0 atom stereocenters. The number of nitrogens with one attached hydrogen (secondary N) is 1. The van der Waals surface area contributed by atoms with Gasteiger partial charge in [-0.1, -0.05) is 6.07 Å². The van der Waals surface area contributed by atoms with Crippen LogP contribution in [0.2, 0.25) is 0 Å². The summed E-state index contributed by atoms with van der Waals surface area (Å²) >= 11 is 1.61. The van der Waals surface area contributed by atoms with Crippen molar-refractivity contribution < 1.29 is 4.79 Å². The fourth-order valence-corrected chi connectivity index (χ4v) is 4.15. The summed E-state index contributed by atoms with van der Waals surface area (Å²) in [4.78, 5) is 38.8. The molecule has 3 aromatic rings. The van der Waals surface area contributed by atoms with Gasteiger partial charge in [0.15, 0.2) is 0 Å². The lowest BCUT2D eigenvalue weighted by atomic mass is 10.2. The summed E-state index contributed by atoms with van der Waals surface area (Å²) < 4.78 is 1.40. The van der Waals surface area contributed by atoms with E-state index in [9.17, 15) is 9.59 Å². The number of rotatable bonds is 4. The number of thiophene rings is 1. The van der Waals surface area contributed by atoms with Crippen LogP contribution in [0.5, 0.6) is 0 Å². The zero-order chi connectivity index (χ0) is 18.4. The second-order valence-corrected chi connectivity index (χ2v) is 8.13. The molecular formula is C18H20N6O2S. The predicted molar refractivity (Wildman–Crippen MR) is 102 cm³/mol. The smallest absolute Gasteiger partial charge is 0.274 e. The molecule has 9 heteroatoms. The molecule has 0 spiro atoms. The van der Waals surface area contributed by atoms with Crippen LogP contribution in [-0.4, -0.2) is 56.6 Å². The van der Waals surface area contributed by atoms with Crippen molar-refractivity contribution in [3.63, 3.8) is 0 Å². The third-order valence-corrected chi connectivity index (χ3v) is 6.05. The average molecular weight is 384 g/mol. The van der Waals surface area contributed by atoms with E-state index in [0.29, 0.717) is 50.2 Å². The van der Waals surface area contributed by atoms with E-state index in [0.717, 1.165) is 23.4 Å². The summed E-state index contributed by atoms with van der Waals surface area (Å²) in [6.07, 6.45) is 2.66. The Morgan fingerprint density at radius 3 is 2.74 bits per heavy atom. The zero-order valence-electron chi connectivity index (χ0n) is 14.8. The highest BCUT2D eigenvalue weighted by Crippen LogP contribution is 2.38. The highest BCUT2D eigenvalue weighted by molar-refractivity contribution is 7.10. The number of aromatic amines is 1. The first-order chi connectivity index (χ1) is 13.2. The van der Waals surface area contributed by atoms with Crippen LogP contribution in [0.3, 0.4) is 0 Å². The van der Waals surface area contributed by atoms with Gasteiger partial charge < -0.3 is 9.80 Å². The number of H-pyrrole nitrogens is 1. The highest BCUT2D eigenvalue weighted by Gasteiger charge is 2.27. The fourth-order valence-electron chi connectivity index (χ4n) is 3.46. The molecule has 1 aliphatic heterocycles. The van der Waals surface area contributed by atoms with Crippen molar-refractivity contribution in [3.8, 4) is 0 Å². The number of nitrogens with zero attached hydrogens (tertiary/aromatic N) is 5. The van der Waals surface area contributed by atoms with Crippen molar-refractivity contribution in [3.05, 3.63) is 44.5 Å². The number of anilines is 1. The number of fused-ring (bicyclic) bond motifs is 1. The van der Waals surface area contributed by atoms with Crippen LogP contribution in [0, 0.1) is 0 Å². The van der Waals surface area contributed by atoms with E-state index in [-0.39, 0.29) is 11.5 Å². The third kappa shape index (κ3) is 3.23. The largest absolute Gasteiger partial charge is 0.339 e. The topological polar surface area (TPSA) is 86.6 Å². The van der Waals surface area contributed by atoms with Crippen LogP contribution in [0.25, 0.3) is 5.78 Å². The van der Waals surface area contributed by atoms with Crippen molar-refractivity contribution in [2.75, 3.05) is 31.1 Å². The van der Waals surface area contributed by atoms with Gasteiger partial charge in [0.25, 0.3) is 11.3 Å². The molecule has 3 aromatic heterocycles. The molecule has 0 unspecified atom stereocenters. The molecule has 1 saturated carbocycles. The quantitative estimate of drug-likeness (QED) is 0.732. The lowest BCUT2D eigenvalue weighted by Gasteiger charge is -2.34. The second-order valence-electron chi connectivity index (χ2n) is 7.10. The fraction of sp³-hybridized carbons (Fsp3) is 0.444. The molecule has 4 heterocycles. The minimum atomic E-state index is -0.120. The molecule has 1 aliphatic carbocycles. The Morgan fingerprint density at radius 2 is 2.04 bits per heavy atom. The molecule has 2 fully saturated rings. The number of carbonyl (C=O) groups is 1. The number of hydrogen-bond donors (Lipinski definition) is 1. The Labute approximate surface area is 159 Å². The summed E-state index contributed by atoms with van der Waals surface area (Å²) in [5.74, 6) is 1.64. The average Bonchev–Trinajstić information content (AvgIpc) is 3.23. The van der Waals surface area contributed by atoms with Gasteiger partial charge in [-0.3, -0.25) is 14.7 Å². The van der Waals surface area contributed by atoms with Gasteiger partial charge in [-0.05, 0) is 24.3 Å². The molecule has 27 heavy (non-hydrogen) atoms. The van der Waals surface area contributed by atoms with Crippen LogP contribution in [-0.2, 0) is 11.2 Å². The molecular weight excluding hydrogens is 364 g/mol. The van der Waals surface area contributed by atoms with Crippen LogP contribution in [0.1, 0.15) is 29.3 Å². The van der Waals surface area contributed by atoms with E-state index in [2.05, 4.69) is 20.0 Å². The first kappa shape index (κ1) is 16.5. The number of carbonyl (C=O) groups excluding carboxylic acids is 1.